The van der Waals surface area contributed by atoms with Crippen molar-refractivity contribution in [3.8, 4) is 0 Å². The van der Waals surface area contributed by atoms with Gasteiger partial charge < -0.3 is 14.4 Å². The van der Waals surface area contributed by atoms with E-state index in [1.807, 2.05) is 0 Å². The molecule has 9 heteroatoms. The van der Waals surface area contributed by atoms with Crippen LogP contribution in [0.15, 0.2) is 0 Å². The van der Waals surface area contributed by atoms with Crippen LogP contribution in [0, 0.1) is 29.1 Å². The van der Waals surface area contributed by atoms with Crippen LogP contribution in [0.5, 0.6) is 0 Å². The van der Waals surface area contributed by atoms with Gasteiger partial charge >= 0.3 is 8.80 Å². The van der Waals surface area contributed by atoms with Gasteiger partial charge in [0.25, 0.3) is 0 Å². The summed E-state index contributed by atoms with van der Waals surface area (Å²) >= 11 is 0. The SMILES string of the molecule is O[Si](O)(O)CCCCCCc1c(F)c(F)c(F)c(F)c1F. The Balaban J connectivity index is 2.54. The highest BCUT2D eigenvalue weighted by molar-refractivity contribution is 6.56. The standard InChI is InChI=1S/C12H15F5O3Si/c13-8-7(9(14)11(16)12(17)10(8)15)5-3-1-2-4-6-21(18,19)20/h18-20H,1-6H2. The van der Waals surface area contributed by atoms with Crippen molar-refractivity contribution < 1.29 is 36.3 Å². The maximum absolute atomic E-state index is 13.3. The van der Waals surface area contributed by atoms with Gasteiger partial charge in [0.2, 0.25) is 5.82 Å². The number of hydrogen-bond acceptors (Lipinski definition) is 3. The van der Waals surface area contributed by atoms with E-state index in [1.165, 1.54) is 0 Å². The molecule has 0 fully saturated rings. The molecule has 1 aromatic carbocycles. The molecule has 0 aliphatic rings. The second-order valence-corrected chi connectivity index (χ2v) is 6.79. The second-order valence-electron chi connectivity index (χ2n) is 4.74. The maximum atomic E-state index is 13.3. The zero-order valence-electron chi connectivity index (χ0n) is 11.0. The molecule has 0 saturated carbocycles. The molecule has 0 saturated heterocycles. The van der Waals surface area contributed by atoms with Gasteiger partial charge in [0, 0.05) is 11.6 Å². The van der Waals surface area contributed by atoms with E-state index in [-0.39, 0.29) is 18.9 Å². The monoisotopic (exact) mass is 330 g/mol. The van der Waals surface area contributed by atoms with Crippen LogP contribution in [0.1, 0.15) is 31.2 Å². The third-order valence-electron chi connectivity index (χ3n) is 2.99. The van der Waals surface area contributed by atoms with Crippen LogP contribution in [-0.4, -0.2) is 23.2 Å². The molecule has 21 heavy (non-hydrogen) atoms. The highest BCUT2D eigenvalue weighted by Gasteiger charge is 2.26. The molecule has 0 bridgehead atoms. The van der Waals surface area contributed by atoms with E-state index in [4.69, 9.17) is 14.4 Å². The van der Waals surface area contributed by atoms with Gasteiger partial charge in [-0.25, -0.2) is 22.0 Å². The zero-order chi connectivity index (χ0) is 16.2. The minimum absolute atomic E-state index is 0.157. The van der Waals surface area contributed by atoms with Gasteiger partial charge in [-0.3, -0.25) is 0 Å². The lowest BCUT2D eigenvalue weighted by molar-refractivity contribution is 0.226. The summed E-state index contributed by atoms with van der Waals surface area (Å²) in [6, 6.07) is -0.157. The lowest BCUT2D eigenvalue weighted by Gasteiger charge is -2.09. The highest BCUT2D eigenvalue weighted by atomic mass is 28.4. The second kappa shape index (κ2) is 7.30. The quantitative estimate of drug-likeness (QED) is 0.237. The van der Waals surface area contributed by atoms with Crippen LogP contribution in [-0.2, 0) is 6.42 Å². The van der Waals surface area contributed by atoms with Crippen LogP contribution in [0.25, 0.3) is 0 Å². The summed E-state index contributed by atoms with van der Waals surface area (Å²) in [7, 11) is -4.08. The molecule has 0 amide bonds. The molecule has 0 spiro atoms. The minimum atomic E-state index is -4.08. The fourth-order valence-corrected chi connectivity index (χ4v) is 2.61. The summed E-state index contributed by atoms with van der Waals surface area (Å²) in [5.74, 6) is -9.73. The van der Waals surface area contributed by atoms with Gasteiger partial charge in [-0.15, -0.1) is 0 Å². The minimum Gasteiger partial charge on any atom is -0.390 e. The predicted octanol–water partition coefficient (Wildman–Crippen LogP) is 2.40. The van der Waals surface area contributed by atoms with Crippen molar-refractivity contribution in [3.63, 3.8) is 0 Å². The van der Waals surface area contributed by atoms with Gasteiger partial charge in [0.15, 0.2) is 23.3 Å². The van der Waals surface area contributed by atoms with Crippen molar-refractivity contribution in [1.29, 1.82) is 0 Å². The lowest BCUT2D eigenvalue weighted by Crippen LogP contribution is -2.33. The number of halogens is 5. The summed E-state index contributed by atoms with van der Waals surface area (Å²) in [5.41, 5.74) is -0.846. The third kappa shape index (κ3) is 5.02. The van der Waals surface area contributed by atoms with Gasteiger partial charge in [-0.05, 0) is 19.3 Å². The topological polar surface area (TPSA) is 60.7 Å². The summed E-state index contributed by atoms with van der Waals surface area (Å²) < 4.78 is 65.3. The molecule has 3 nitrogen and oxygen atoms in total. The Labute approximate surface area is 119 Å². The van der Waals surface area contributed by atoms with Crippen molar-refractivity contribution in [1.82, 2.24) is 0 Å². The van der Waals surface area contributed by atoms with E-state index in [0.717, 1.165) is 0 Å². The van der Waals surface area contributed by atoms with Crippen molar-refractivity contribution in [2.45, 2.75) is 38.1 Å². The Morgan fingerprint density at radius 3 is 1.52 bits per heavy atom. The zero-order valence-corrected chi connectivity index (χ0v) is 12.0. The molecule has 0 aliphatic carbocycles. The normalized spacial score (nSPS) is 12.0. The molecule has 3 N–H and O–H groups in total. The molecule has 0 unspecified atom stereocenters. The Hall–Kier alpha value is -1.03. The summed E-state index contributed by atoms with van der Waals surface area (Å²) in [6.07, 6.45) is 0.990. The van der Waals surface area contributed by atoms with E-state index in [9.17, 15) is 22.0 Å². The van der Waals surface area contributed by atoms with Crippen LogP contribution in [0.2, 0.25) is 6.04 Å². The highest BCUT2D eigenvalue weighted by Crippen LogP contribution is 2.24. The Morgan fingerprint density at radius 1 is 0.619 bits per heavy atom. The van der Waals surface area contributed by atoms with Crippen molar-refractivity contribution in [3.05, 3.63) is 34.6 Å². The van der Waals surface area contributed by atoms with Crippen molar-refractivity contribution >= 4 is 8.80 Å². The first kappa shape index (κ1) is 18.0. The molecular weight excluding hydrogens is 315 g/mol. The lowest BCUT2D eigenvalue weighted by atomic mass is 10.0. The maximum Gasteiger partial charge on any atom is 0.492 e. The molecule has 0 aromatic heterocycles. The molecule has 1 aromatic rings. The summed E-state index contributed by atoms with van der Waals surface area (Å²) in [4.78, 5) is 26.2. The van der Waals surface area contributed by atoms with E-state index in [1.54, 1.807) is 0 Å². The Bertz CT molecular complexity index is 476. The number of unbranched alkanes of at least 4 members (excludes halogenated alkanes) is 3. The molecular formula is C12H15F5O3Si. The third-order valence-corrected chi connectivity index (χ3v) is 4.01. The van der Waals surface area contributed by atoms with E-state index < -0.39 is 43.5 Å². The van der Waals surface area contributed by atoms with Crippen LogP contribution >= 0.6 is 0 Å². The number of hydrogen-bond donors (Lipinski definition) is 3. The average Bonchev–Trinajstić information content (AvgIpc) is 2.40. The summed E-state index contributed by atoms with van der Waals surface area (Å²) in [5, 5.41) is 0. The fourth-order valence-electron chi connectivity index (χ4n) is 1.89. The average molecular weight is 330 g/mol. The molecule has 0 aliphatic heterocycles. The van der Waals surface area contributed by atoms with Gasteiger partial charge in [-0.2, -0.15) is 0 Å². The molecule has 0 heterocycles. The van der Waals surface area contributed by atoms with E-state index in [2.05, 4.69) is 0 Å². The van der Waals surface area contributed by atoms with E-state index >= 15 is 0 Å². The van der Waals surface area contributed by atoms with Gasteiger partial charge in [0.05, 0.1) is 0 Å². The fraction of sp³-hybridized carbons (Fsp3) is 0.500. The number of rotatable bonds is 7. The first-order chi connectivity index (χ1) is 9.65. The molecule has 0 radical (unpaired) electrons. The van der Waals surface area contributed by atoms with Crippen molar-refractivity contribution in [2.24, 2.45) is 0 Å². The van der Waals surface area contributed by atoms with Gasteiger partial charge in [0.1, 0.15) is 0 Å². The van der Waals surface area contributed by atoms with Crippen LogP contribution < -0.4 is 0 Å². The van der Waals surface area contributed by atoms with Gasteiger partial charge in [-0.1, -0.05) is 12.8 Å². The first-order valence-electron chi connectivity index (χ1n) is 6.32. The number of benzene rings is 1. The van der Waals surface area contributed by atoms with Crippen LogP contribution in [0.3, 0.4) is 0 Å². The molecule has 1 rings (SSSR count). The Kier molecular flexibility index (Phi) is 6.26. The predicted molar refractivity (Wildman–Crippen MR) is 65.6 cm³/mol. The van der Waals surface area contributed by atoms with E-state index in [0.29, 0.717) is 19.3 Å². The summed E-state index contributed by atoms with van der Waals surface area (Å²) in [6.45, 7) is 0. The Morgan fingerprint density at radius 2 is 1.05 bits per heavy atom. The van der Waals surface area contributed by atoms with Crippen LogP contribution in [0.4, 0.5) is 22.0 Å². The first-order valence-corrected chi connectivity index (χ1v) is 8.37. The molecule has 0 atom stereocenters. The largest absolute Gasteiger partial charge is 0.492 e. The molecule has 120 valence electrons. The smallest absolute Gasteiger partial charge is 0.390 e. The van der Waals surface area contributed by atoms with Crippen molar-refractivity contribution in [2.75, 3.05) is 0 Å².